The van der Waals surface area contributed by atoms with Crippen molar-refractivity contribution in [3.63, 3.8) is 0 Å². The molecule has 0 bridgehead atoms. The van der Waals surface area contributed by atoms with Crippen LogP contribution < -0.4 is 10.9 Å². The molecule has 0 aliphatic carbocycles. The number of nitrogens with one attached hydrogen (secondary N) is 2. The molecular weight excluding hydrogens is 172 g/mol. The minimum atomic E-state index is -0.565. The maximum absolute atomic E-state index is 11.1. The average molecular weight is 178 g/mol. The number of aromatic nitrogens is 1. The van der Waals surface area contributed by atoms with Crippen LogP contribution in [0.5, 0.6) is 0 Å². The number of nitriles is 1. The van der Waals surface area contributed by atoms with Crippen LogP contribution in [0.1, 0.15) is 11.3 Å². The molecule has 2 rings (SSSR count). The summed E-state index contributed by atoms with van der Waals surface area (Å²) in [4.78, 5) is 15.1. The topological polar surface area (TPSA) is 94.2 Å². The van der Waals surface area contributed by atoms with Crippen molar-refractivity contribution in [1.29, 1.82) is 5.26 Å². The van der Waals surface area contributed by atoms with E-state index in [2.05, 4.69) is 20.0 Å². The van der Waals surface area contributed by atoms with E-state index in [4.69, 9.17) is 5.26 Å². The molecular formula is C7H6N4O2. The summed E-state index contributed by atoms with van der Waals surface area (Å²) in [5, 5.41) is 13.8. The Morgan fingerprint density at radius 3 is 3.08 bits per heavy atom. The highest BCUT2D eigenvalue weighted by molar-refractivity contribution is 6.00. The number of amidine groups is 1. The van der Waals surface area contributed by atoms with E-state index in [1.54, 1.807) is 0 Å². The molecule has 6 nitrogen and oxygen atoms in total. The van der Waals surface area contributed by atoms with E-state index in [1.807, 2.05) is 6.07 Å². The van der Waals surface area contributed by atoms with E-state index in [0.717, 1.165) is 0 Å². The zero-order valence-corrected chi connectivity index (χ0v) is 6.63. The first kappa shape index (κ1) is 7.61. The average Bonchev–Trinajstić information content (AvgIpc) is 2.72. The van der Waals surface area contributed by atoms with Crippen LogP contribution in [0.2, 0.25) is 0 Å². The summed E-state index contributed by atoms with van der Waals surface area (Å²) in [5.41, 5.74) is -0.261. The van der Waals surface area contributed by atoms with Gasteiger partial charge in [-0.15, -0.1) is 0 Å². The molecule has 0 fully saturated rings. The first-order chi connectivity index (χ1) is 6.33. The lowest BCUT2D eigenvalue weighted by molar-refractivity contribution is 0.389. The summed E-state index contributed by atoms with van der Waals surface area (Å²) in [6.07, 6.45) is 0. The molecule has 0 saturated carbocycles. The molecule has 2 heterocycles. The number of hydrogen-bond acceptors (Lipinski definition) is 5. The Bertz CT molecular complexity index is 448. The predicted octanol–water partition coefficient (Wildman–Crippen LogP) is -0.811. The highest BCUT2D eigenvalue weighted by atomic mass is 16.5. The number of hydrogen-bond donors (Lipinski definition) is 2. The molecule has 1 aromatic rings. The van der Waals surface area contributed by atoms with E-state index in [0.29, 0.717) is 18.9 Å². The van der Waals surface area contributed by atoms with Crippen LogP contribution in [0, 0.1) is 11.3 Å². The minimum Gasteiger partial charge on any atom is -0.368 e. The monoisotopic (exact) mass is 178 g/mol. The van der Waals surface area contributed by atoms with Gasteiger partial charge in [0.25, 0.3) is 0 Å². The van der Waals surface area contributed by atoms with Crippen LogP contribution in [-0.4, -0.2) is 24.1 Å². The van der Waals surface area contributed by atoms with Crippen molar-refractivity contribution in [3.8, 4) is 6.07 Å². The zero-order valence-electron chi connectivity index (χ0n) is 6.63. The van der Waals surface area contributed by atoms with E-state index in [1.165, 1.54) is 0 Å². The first-order valence-corrected chi connectivity index (χ1v) is 3.73. The molecule has 0 radical (unpaired) electrons. The third kappa shape index (κ3) is 1.10. The van der Waals surface area contributed by atoms with Gasteiger partial charge in [-0.2, -0.15) is 5.26 Å². The van der Waals surface area contributed by atoms with E-state index < -0.39 is 5.63 Å². The van der Waals surface area contributed by atoms with Gasteiger partial charge in [0.15, 0.2) is 5.69 Å². The summed E-state index contributed by atoms with van der Waals surface area (Å²) in [7, 11) is 0. The van der Waals surface area contributed by atoms with Crippen molar-refractivity contribution in [2.24, 2.45) is 4.99 Å². The maximum Gasteiger partial charge on any atom is 0.369 e. The van der Waals surface area contributed by atoms with Crippen molar-refractivity contribution in [2.45, 2.75) is 0 Å². The Morgan fingerprint density at radius 1 is 1.62 bits per heavy atom. The normalized spacial score (nSPS) is 14.8. The highest BCUT2D eigenvalue weighted by Crippen LogP contribution is 2.02. The molecule has 0 spiro atoms. The molecule has 0 aromatic carbocycles. The third-order valence-electron chi connectivity index (χ3n) is 1.72. The zero-order chi connectivity index (χ0) is 9.26. The second-order valence-electron chi connectivity index (χ2n) is 2.51. The number of nitrogens with zero attached hydrogens (tertiary/aromatic N) is 2. The van der Waals surface area contributed by atoms with Gasteiger partial charge < -0.3 is 9.84 Å². The van der Waals surface area contributed by atoms with Gasteiger partial charge in [0, 0.05) is 6.54 Å². The largest absolute Gasteiger partial charge is 0.369 e. The lowest BCUT2D eigenvalue weighted by Crippen LogP contribution is -2.24. The van der Waals surface area contributed by atoms with Gasteiger partial charge in [0.05, 0.1) is 6.54 Å². The Kier molecular flexibility index (Phi) is 1.63. The minimum absolute atomic E-state index is 0.109. The lowest BCUT2D eigenvalue weighted by Gasteiger charge is -1.94. The molecule has 0 atom stereocenters. The second kappa shape index (κ2) is 2.79. The molecule has 6 heteroatoms. The Hall–Kier alpha value is -2.03. The van der Waals surface area contributed by atoms with Crippen LogP contribution in [0.15, 0.2) is 14.3 Å². The summed E-state index contributed by atoms with van der Waals surface area (Å²) in [6, 6.07) is 1.82. The summed E-state index contributed by atoms with van der Waals surface area (Å²) >= 11 is 0. The van der Waals surface area contributed by atoms with Gasteiger partial charge in [0.2, 0.25) is 0 Å². The number of rotatable bonds is 1. The van der Waals surface area contributed by atoms with Gasteiger partial charge in [-0.1, -0.05) is 0 Å². The molecule has 13 heavy (non-hydrogen) atoms. The quantitative estimate of drug-likeness (QED) is 0.588. The maximum atomic E-state index is 11.1. The van der Waals surface area contributed by atoms with Gasteiger partial charge in [0.1, 0.15) is 17.5 Å². The van der Waals surface area contributed by atoms with Crippen molar-refractivity contribution in [3.05, 3.63) is 21.7 Å². The molecule has 2 N–H and O–H groups in total. The summed E-state index contributed by atoms with van der Waals surface area (Å²) in [6.45, 7) is 1.30. The fraction of sp³-hybridized carbons (Fsp3) is 0.286. The summed E-state index contributed by atoms with van der Waals surface area (Å²) in [5.74, 6) is 0.437. The van der Waals surface area contributed by atoms with Crippen molar-refractivity contribution in [2.75, 3.05) is 13.1 Å². The lowest BCUT2D eigenvalue weighted by atomic mass is 10.2. The predicted molar refractivity (Wildman–Crippen MR) is 43.5 cm³/mol. The summed E-state index contributed by atoms with van der Waals surface area (Å²) < 4.78 is 4.48. The van der Waals surface area contributed by atoms with E-state index in [9.17, 15) is 4.79 Å². The smallest absolute Gasteiger partial charge is 0.368 e. The SMILES string of the molecule is N#Cc1[nH]oc(=O)c1C1=NCCN1. The standard InChI is InChI=1S/C7H6N4O2/c8-3-4-5(7(12)13-11-4)6-9-1-2-10-6/h11H,1-2H2,(H,9,10). The Morgan fingerprint density at radius 2 is 2.46 bits per heavy atom. The van der Waals surface area contributed by atoms with E-state index in [-0.39, 0.29) is 11.3 Å². The molecule has 0 amide bonds. The molecule has 66 valence electrons. The fourth-order valence-corrected chi connectivity index (χ4v) is 1.16. The number of H-pyrrole nitrogens is 1. The van der Waals surface area contributed by atoms with Crippen molar-refractivity contribution in [1.82, 2.24) is 10.5 Å². The van der Waals surface area contributed by atoms with Gasteiger partial charge in [-0.25, -0.2) is 9.95 Å². The van der Waals surface area contributed by atoms with Crippen molar-refractivity contribution >= 4 is 5.84 Å². The van der Waals surface area contributed by atoms with Crippen LogP contribution >= 0.6 is 0 Å². The van der Waals surface area contributed by atoms with Gasteiger partial charge >= 0.3 is 5.63 Å². The van der Waals surface area contributed by atoms with Gasteiger partial charge in [-0.05, 0) is 0 Å². The highest BCUT2D eigenvalue weighted by Gasteiger charge is 2.19. The molecule has 1 aliphatic heterocycles. The third-order valence-corrected chi connectivity index (χ3v) is 1.72. The van der Waals surface area contributed by atoms with Crippen LogP contribution in [0.25, 0.3) is 0 Å². The Labute approximate surface area is 72.8 Å². The molecule has 1 aliphatic rings. The van der Waals surface area contributed by atoms with Crippen LogP contribution in [-0.2, 0) is 0 Å². The van der Waals surface area contributed by atoms with Crippen LogP contribution in [0.4, 0.5) is 0 Å². The van der Waals surface area contributed by atoms with Crippen LogP contribution in [0.3, 0.4) is 0 Å². The molecule has 0 unspecified atom stereocenters. The first-order valence-electron chi connectivity index (χ1n) is 3.73. The number of aromatic amines is 1. The number of aliphatic imine (C=N–C) groups is 1. The molecule has 1 aromatic heterocycles. The Balaban J connectivity index is 2.56. The van der Waals surface area contributed by atoms with E-state index >= 15 is 0 Å². The fourth-order valence-electron chi connectivity index (χ4n) is 1.16. The van der Waals surface area contributed by atoms with Crippen molar-refractivity contribution < 1.29 is 4.52 Å². The second-order valence-corrected chi connectivity index (χ2v) is 2.51. The van der Waals surface area contributed by atoms with Gasteiger partial charge in [-0.3, -0.25) is 4.99 Å². The molecule has 0 saturated heterocycles.